The summed E-state index contributed by atoms with van der Waals surface area (Å²) in [6.07, 6.45) is 2.10. The van der Waals surface area contributed by atoms with E-state index in [0.717, 1.165) is 29.0 Å². The van der Waals surface area contributed by atoms with E-state index in [2.05, 4.69) is 15.2 Å². The lowest BCUT2D eigenvalue weighted by atomic mass is 10.2. The summed E-state index contributed by atoms with van der Waals surface area (Å²) in [5.41, 5.74) is 6.20. The van der Waals surface area contributed by atoms with Crippen molar-refractivity contribution >= 4 is 23.4 Å². The number of H-pyrrole nitrogens is 2. The summed E-state index contributed by atoms with van der Waals surface area (Å²) < 4.78 is 6.31. The lowest BCUT2D eigenvalue weighted by Crippen LogP contribution is -2.43. The Morgan fingerprint density at radius 2 is 1.88 bits per heavy atom. The fraction of sp³-hybridized carbons (Fsp3) is 0.348. The van der Waals surface area contributed by atoms with Crippen molar-refractivity contribution in [1.29, 1.82) is 0 Å². The van der Waals surface area contributed by atoms with Gasteiger partial charge in [0.1, 0.15) is 5.82 Å². The minimum atomic E-state index is -0.795. The third-order valence-corrected chi connectivity index (χ3v) is 5.10. The molecule has 11 heteroatoms. The molecule has 0 atom stereocenters. The summed E-state index contributed by atoms with van der Waals surface area (Å²) in [7, 11) is 0. The average Bonchev–Trinajstić information content (AvgIpc) is 3.29. The Bertz CT molecular complexity index is 1260. The largest absolute Gasteiger partial charge is 0.451 e. The Hall–Kier alpha value is -4.15. The number of nitrogens with one attached hydrogen (secondary N) is 2. The highest BCUT2D eigenvalue weighted by molar-refractivity contribution is 5.98. The first-order valence-electron chi connectivity index (χ1n) is 11.0. The molecule has 34 heavy (non-hydrogen) atoms. The monoisotopic (exact) mass is 468 g/mol. The summed E-state index contributed by atoms with van der Waals surface area (Å²) in [6.45, 7) is 3.44. The number of amides is 1. The number of aryl methyl sites for hydroxylation is 1. The molecule has 180 valence electrons. The minimum Gasteiger partial charge on any atom is -0.451 e. The molecule has 2 aromatic heterocycles. The van der Waals surface area contributed by atoms with Crippen molar-refractivity contribution in [3.8, 4) is 0 Å². The molecule has 1 aromatic carbocycles. The highest BCUT2D eigenvalue weighted by Crippen LogP contribution is 2.18. The van der Waals surface area contributed by atoms with Crippen molar-refractivity contribution in [2.75, 3.05) is 23.8 Å². The number of ether oxygens (including phenoxy) is 1. The maximum Gasteiger partial charge on any atom is 0.359 e. The van der Waals surface area contributed by atoms with E-state index in [-0.39, 0.29) is 30.3 Å². The van der Waals surface area contributed by atoms with Gasteiger partial charge in [0.05, 0.1) is 6.54 Å². The number of carbonyl (C=O) groups is 2. The van der Waals surface area contributed by atoms with Crippen LogP contribution < -0.4 is 21.9 Å². The quantitative estimate of drug-likeness (QED) is 0.380. The van der Waals surface area contributed by atoms with Crippen LogP contribution in [0.4, 0.5) is 11.5 Å². The number of rotatable bonds is 10. The molecule has 1 amide bonds. The molecule has 0 saturated heterocycles. The van der Waals surface area contributed by atoms with E-state index in [4.69, 9.17) is 10.5 Å². The van der Waals surface area contributed by atoms with Crippen LogP contribution in [0.3, 0.4) is 0 Å². The molecule has 0 aliphatic carbocycles. The van der Waals surface area contributed by atoms with Crippen molar-refractivity contribution in [2.45, 2.75) is 39.7 Å². The van der Waals surface area contributed by atoms with Gasteiger partial charge in [0.25, 0.3) is 11.5 Å². The van der Waals surface area contributed by atoms with Crippen LogP contribution in [0, 0.1) is 0 Å². The molecule has 0 bridgehead atoms. The highest BCUT2D eigenvalue weighted by atomic mass is 16.5. The lowest BCUT2D eigenvalue weighted by molar-refractivity contribution is -0.121. The van der Waals surface area contributed by atoms with E-state index in [1.807, 2.05) is 44.2 Å². The van der Waals surface area contributed by atoms with Gasteiger partial charge in [0, 0.05) is 12.2 Å². The number of anilines is 2. The molecule has 0 aliphatic rings. The van der Waals surface area contributed by atoms with Gasteiger partial charge in [-0.05, 0) is 24.5 Å². The maximum atomic E-state index is 13.0. The van der Waals surface area contributed by atoms with Gasteiger partial charge in [-0.25, -0.2) is 9.59 Å². The van der Waals surface area contributed by atoms with Gasteiger partial charge in [-0.15, -0.1) is 0 Å². The lowest BCUT2D eigenvalue weighted by Gasteiger charge is -2.24. The normalized spacial score (nSPS) is 10.8. The Kier molecular flexibility index (Phi) is 8.01. The molecule has 0 aliphatic heterocycles. The summed E-state index contributed by atoms with van der Waals surface area (Å²) >= 11 is 0. The van der Waals surface area contributed by atoms with Crippen LogP contribution in [0.1, 0.15) is 48.4 Å². The zero-order valence-corrected chi connectivity index (χ0v) is 19.2. The molecule has 4 N–H and O–H groups in total. The molecule has 0 fully saturated rings. The Morgan fingerprint density at radius 3 is 2.56 bits per heavy atom. The van der Waals surface area contributed by atoms with Crippen LogP contribution in [-0.2, 0) is 22.5 Å². The third kappa shape index (κ3) is 5.61. The fourth-order valence-corrected chi connectivity index (χ4v) is 3.49. The van der Waals surface area contributed by atoms with Crippen LogP contribution in [0.2, 0.25) is 0 Å². The Morgan fingerprint density at radius 1 is 1.15 bits per heavy atom. The van der Waals surface area contributed by atoms with E-state index in [1.165, 1.54) is 4.57 Å². The van der Waals surface area contributed by atoms with Gasteiger partial charge < -0.3 is 15.4 Å². The van der Waals surface area contributed by atoms with E-state index in [0.29, 0.717) is 6.42 Å². The molecule has 2 heterocycles. The number of carbonyl (C=O) groups excluding carboxylic acids is 2. The number of benzene rings is 1. The predicted octanol–water partition coefficient (Wildman–Crippen LogP) is 1.44. The Labute approximate surface area is 195 Å². The fourth-order valence-electron chi connectivity index (χ4n) is 3.49. The molecule has 0 spiro atoms. The van der Waals surface area contributed by atoms with E-state index < -0.39 is 29.7 Å². The van der Waals surface area contributed by atoms with Crippen molar-refractivity contribution in [2.24, 2.45) is 0 Å². The Balaban J connectivity index is 1.83. The van der Waals surface area contributed by atoms with Crippen LogP contribution in [-0.4, -0.2) is 44.8 Å². The molecule has 0 saturated carbocycles. The topological polar surface area (TPSA) is 156 Å². The maximum absolute atomic E-state index is 13.0. The minimum absolute atomic E-state index is 0.0621. The zero-order chi connectivity index (χ0) is 24.7. The SMILES string of the molecule is CCCc1cc(C(=O)OCC(=O)N(CCC)c2c(N)n(Cc3ccccc3)c(=O)[nH]c2=O)n[nH]1. The first kappa shape index (κ1) is 24.5. The summed E-state index contributed by atoms with van der Waals surface area (Å²) in [4.78, 5) is 53.7. The zero-order valence-electron chi connectivity index (χ0n) is 19.2. The molecule has 3 aromatic rings. The second kappa shape index (κ2) is 11.1. The molecule has 3 rings (SSSR count). The third-order valence-electron chi connectivity index (χ3n) is 5.10. The number of aromatic nitrogens is 4. The summed E-state index contributed by atoms with van der Waals surface area (Å²) in [5.74, 6) is -1.57. The van der Waals surface area contributed by atoms with E-state index in [1.54, 1.807) is 6.07 Å². The predicted molar refractivity (Wildman–Crippen MR) is 127 cm³/mol. The van der Waals surface area contributed by atoms with Gasteiger partial charge in [-0.1, -0.05) is 50.6 Å². The van der Waals surface area contributed by atoms with Crippen molar-refractivity contribution in [3.63, 3.8) is 0 Å². The molecular weight excluding hydrogens is 440 g/mol. The van der Waals surface area contributed by atoms with E-state index in [9.17, 15) is 19.2 Å². The number of nitrogens with two attached hydrogens (primary N) is 1. The molecule has 0 radical (unpaired) electrons. The standard InChI is InChI=1S/C23H28N6O5/c1-3-8-16-12-17(27-26-16)22(32)34-14-18(30)28(11-4-2)19-20(24)29(23(33)25-21(19)31)13-15-9-6-5-7-10-15/h5-7,9-10,12H,3-4,8,11,13-14,24H2,1-2H3,(H,26,27)(H,25,31,33). The first-order valence-corrected chi connectivity index (χ1v) is 11.0. The van der Waals surface area contributed by atoms with E-state index >= 15 is 0 Å². The van der Waals surface area contributed by atoms with Crippen LogP contribution in [0.15, 0.2) is 46.0 Å². The van der Waals surface area contributed by atoms with Crippen molar-refractivity contribution in [1.82, 2.24) is 19.7 Å². The van der Waals surface area contributed by atoms with Crippen LogP contribution in [0.5, 0.6) is 0 Å². The second-order valence-corrected chi connectivity index (χ2v) is 7.71. The number of nitrogen functional groups attached to an aromatic ring is 1. The summed E-state index contributed by atoms with van der Waals surface area (Å²) in [6, 6.07) is 10.7. The van der Waals surface area contributed by atoms with Gasteiger partial charge in [-0.2, -0.15) is 5.10 Å². The van der Waals surface area contributed by atoms with Gasteiger partial charge in [0.15, 0.2) is 18.0 Å². The first-order chi connectivity index (χ1) is 16.3. The van der Waals surface area contributed by atoms with Gasteiger partial charge >= 0.3 is 11.7 Å². The van der Waals surface area contributed by atoms with Crippen molar-refractivity contribution < 1.29 is 14.3 Å². The van der Waals surface area contributed by atoms with Gasteiger partial charge in [-0.3, -0.25) is 24.2 Å². The van der Waals surface area contributed by atoms with Crippen LogP contribution >= 0.6 is 0 Å². The molecular formula is C23H28N6O5. The second-order valence-electron chi connectivity index (χ2n) is 7.71. The number of aromatic amines is 2. The highest BCUT2D eigenvalue weighted by Gasteiger charge is 2.25. The number of nitrogens with zero attached hydrogens (tertiary/aromatic N) is 3. The average molecular weight is 469 g/mol. The summed E-state index contributed by atoms with van der Waals surface area (Å²) in [5, 5.41) is 6.65. The van der Waals surface area contributed by atoms with Crippen LogP contribution in [0.25, 0.3) is 0 Å². The van der Waals surface area contributed by atoms with Crippen molar-refractivity contribution in [3.05, 3.63) is 74.2 Å². The number of hydrogen-bond acceptors (Lipinski definition) is 7. The van der Waals surface area contributed by atoms with Gasteiger partial charge in [0.2, 0.25) is 0 Å². The molecule has 0 unspecified atom stereocenters. The smallest absolute Gasteiger partial charge is 0.359 e. The number of hydrogen-bond donors (Lipinski definition) is 3. The molecule has 11 nitrogen and oxygen atoms in total. The number of esters is 1.